The molecular formula is C17H27N3O5. The van der Waals surface area contributed by atoms with Crippen LogP contribution in [0.4, 0.5) is 4.79 Å². The third kappa shape index (κ3) is 6.64. The van der Waals surface area contributed by atoms with Crippen LogP contribution >= 0.6 is 0 Å². The van der Waals surface area contributed by atoms with E-state index in [1.54, 1.807) is 13.0 Å². The smallest absolute Gasteiger partial charge is 0.407 e. The zero-order valence-electron chi connectivity index (χ0n) is 15.3. The number of nitrogens with zero attached hydrogens (tertiary/aromatic N) is 1. The van der Waals surface area contributed by atoms with Gasteiger partial charge >= 0.3 is 6.09 Å². The number of hydrogen-bond donors (Lipinski definition) is 2. The fourth-order valence-electron chi connectivity index (χ4n) is 2.80. The Morgan fingerprint density at radius 2 is 2.12 bits per heavy atom. The Balaban J connectivity index is 1.73. The summed E-state index contributed by atoms with van der Waals surface area (Å²) in [5, 5.41) is 9.42. The third-order valence-corrected chi connectivity index (χ3v) is 3.87. The first-order valence-electron chi connectivity index (χ1n) is 8.55. The second kappa shape index (κ2) is 8.22. The number of carbonyl (C=O) groups excluding carboxylic acids is 2. The summed E-state index contributed by atoms with van der Waals surface area (Å²) < 4.78 is 15.4. The molecule has 0 bridgehead atoms. The first-order valence-corrected chi connectivity index (χ1v) is 8.55. The van der Waals surface area contributed by atoms with Crippen molar-refractivity contribution in [2.24, 2.45) is 5.92 Å². The lowest BCUT2D eigenvalue weighted by atomic mass is 10.0. The molecule has 2 rings (SSSR count). The zero-order valence-corrected chi connectivity index (χ0v) is 15.3. The van der Waals surface area contributed by atoms with E-state index in [4.69, 9.17) is 14.0 Å². The van der Waals surface area contributed by atoms with Crippen LogP contribution in [0.3, 0.4) is 0 Å². The lowest BCUT2D eigenvalue weighted by Crippen LogP contribution is -2.44. The number of hydrogen-bond acceptors (Lipinski definition) is 6. The SMILES string of the molecule is Cc1cc(OCC(=O)N[C@@H]2CCC[C@H]2CNC(=O)OC(C)(C)C)no1. The van der Waals surface area contributed by atoms with E-state index in [0.29, 0.717) is 18.2 Å². The van der Waals surface area contributed by atoms with Crippen LogP contribution in [-0.2, 0) is 9.53 Å². The van der Waals surface area contributed by atoms with E-state index in [2.05, 4.69) is 15.8 Å². The maximum absolute atomic E-state index is 12.0. The van der Waals surface area contributed by atoms with Crippen LogP contribution in [0.1, 0.15) is 45.8 Å². The van der Waals surface area contributed by atoms with Gasteiger partial charge in [0.25, 0.3) is 11.8 Å². The number of rotatable bonds is 6. The topological polar surface area (TPSA) is 103 Å². The maximum Gasteiger partial charge on any atom is 0.407 e. The van der Waals surface area contributed by atoms with E-state index in [1.807, 2.05) is 20.8 Å². The number of aryl methyl sites for hydroxylation is 1. The Kier molecular flexibility index (Phi) is 6.27. The molecule has 1 aromatic heterocycles. The Morgan fingerprint density at radius 1 is 1.36 bits per heavy atom. The highest BCUT2D eigenvalue weighted by molar-refractivity contribution is 5.77. The molecule has 0 saturated heterocycles. The Morgan fingerprint density at radius 3 is 2.76 bits per heavy atom. The van der Waals surface area contributed by atoms with E-state index in [1.165, 1.54) is 0 Å². The van der Waals surface area contributed by atoms with Crippen molar-refractivity contribution in [3.8, 4) is 5.88 Å². The molecule has 8 heteroatoms. The van der Waals surface area contributed by atoms with Gasteiger partial charge < -0.3 is 24.6 Å². The number of aromatic nitrogens is 1. The quantitative estimate of drug-likeness (QED) is 0.812. The predicted octanol–water partition coefficient (Wildman–Crippen LogP) is 2.17. The van der Waals surface area contributed by atoms with Crippen molar-refractivity contribution in [1.82, 2.24) is 15.8 Å². The summed E-state index contributed by atoms with van der Waals surface area (Å²) in [5.74, 6) is 0.891. The van der Waals surface area contributed by atoms with E-state index < -0.39 is 11.7 Å². The largest absolute Gasteiger partial charge is 0.465 e. The summed E-state index contributed by atoms with van der Waals surface area (Å²) in [4.78, 5) is 23.8. The van der Waals surface area contributed by atoms with Crippen molar-refractivity contribution in [1.29, 1.82) is 0 Å². The molecule has 0 aromatic carbocycles. The fraction of sp³-hybridized carbons (Fsp3) is 0.706. The van der Waals surface area contributed by atoms with Crippen molar-refractivity contribution < 1.29 is 23.6 Å². The number of amides is 2. The summed E-state index contributed by atoms with van der Waals surface area (Å²) in [5.41, 5.74) is -0.524. The molecule has 8 nitrogen and oxygen atoms in total. The van der Waals surface area contributed by atoms with Crippen molar-refractivity contribution >= 4 is 12.0 Å². The standard InChI is InChI=1S/C17H27N3O5/c1-11-8-15(20-25-11)23-10-14(21)19-13-7-5-6-12(13)9-18-16(22)24-17(2,3)4/h8,12-13H,5-7,9-10H2,1-4H3,(H,18,22)(H,19,21)/t12-,13+/m0/s1. The minimum atomic E-state index is -0.524. The van der Waals surface area contributed by atoms with Crippen molar-refractivity contribution in [2.75, 3.05) is 13.2 Å². The van der Waals surface area contributed by atoms with Crippen LogP contribution in [0, 0.1) is 12.8 Å². The summed E-state index contributed by atoms with van der Waals surface area (Å²) in [6.45, 7) is 7.57. The molecule has 1 saturated carbocycles. The van der Waals surface area contributed by atoms with E-state index in [-0.39, 0.29) is 24.5 Å². The van der Waals surface area contributed by atoms with Crippen LogP contribution in [0.25, 0.3) is 0 Å². The molecule has 2 N–H and O–H groups in total. The molecule has 2 atom stereocenters. The van der Waals surface area contributed by atoms with Gasteiger partial charge in [0.15, 0.2) is 6.61 Å². The second-order valence-electron chi connectivity index (χ2n) is 7.31. The molecule has 1 aromatic rings. The van der Waals surface area contributed by atoms with Crippen LogP contribution in [0.5, 0.6) is 5.88 Å². The maximum atomic E-state index is 12.0. The second-order valence-corrected chi connectivity index (χ2v) is 7.31. The van der Waals surface area contributed by atoms with Gasteiger partial charge in [-0.1, -0.05) is 6.42 Å². The third-order valence-electron chi connectivity index (χ3n) is 3.87. The predicted molar refractivity (Wildman–Crippen MR) is 90.2 cm³/mol. The highest BCUT2D eigenvalue weighted by Crippen LogP contribution is 2.25. The molecule has 25 heavy (non-hydrogen) atoms. The monoisotopic (exact) mass is 353 g/mol. The zero-order chi connectivity index (χ0) is 18.4. The Labute approximate surface area is 147 Å². The summed E-state index contributed by atoms with van der Waals surface area (Å²) in [6.07, 6.45) is 2.41. The highest BCUT2D eigenvalue weighted by Gasteiger charge is 2.29. The van der Waals surface area contributed by atoms with Gasteiger partial charge in [-0.2, -0.15) is 0 Å². The lowest BCUT2D eigenvalue weighted by molar-refractivity contribution is -0.124. The first-order chi connectivity index (χ1) is 11.7. The molecule has 1 aliphatic rings. The van der Waals surface area contributed by atoms with Gasteiger partial charge in [-0.3, -0.25) is 4.79 Å². The molecule has 1 fully saturated rings. The highest BCUT2D eigenvalue weighted by atomic mass is 16.6. The van der Waals surface area contributed by atoms with Gasteiger partial charge in [-0.15, -0.1) is 0 Å². The number of alkyl carbamates (subject to hydrolysis) is 1. The van der Waals surface area contributed by atoms with Crippen LogP contribution in [0.15, 0.2) is 10.6 Å². The molecule has 0 radical (unpaired) electrons. The van der Waals surface area contributed by atoms with Crippen molar-refractivity contribution in [3.05, 3.63) is 11.8 Å². The van der Waals surface area contributed by atoms with Crippen molar-refractivity contribution in [2.45, 2.75) is 58.6 Å². The Bertz CT molecular complexity index is 593. The van der Waals surface area contributed by atoms with Crippen LogP contribution in [0.2, 0.25) is 0 Å². The first kappa shape index (κ1) is 19.1. The van der Waals surface area contributed by atoms with E-state index >= 15 is 0 Å². The molecular weight excluding hydrogens is 326 g/mol. The van der Waals surface area contributed by atoms with Gasteiger partial charge in [-0.05, 0) is 51.6 Å². The molecule has 1 heterocycles. The lowest BCUT2D eigenvalue weighted by Gasteiger charge is -2.23. The summed E-state index contributed by atoms with van der Waals surface area (Å²) in [7, 11) is 0. The van der Waals surface area contributed by atoms with Gasteiger partial charge in [0, 0.05) is 18.7 Å². The van der Waals surface area contributed by atoms with Crippen LogP contribution < -0.4 is 15.4 Å². The van der Waals surface area contributed by atoms with E-state index in [9.17, 15) is 9.59 Å². The van der Waals surface area contributed by atoms with Gasteiger partial charge in [0.1, 0.15) is 11.4 Å². The Hall–Kier alpha value is -2.25. The minimum absolute atomic E-state index is 0.0186. The number of ether oxygens (including phenoxy) is 2. The molecule has 140 valence electrons. The van der Waals surface area contributed by atoms with Gasteiger partial charge in [0.2, 0.25) is 0 Å². The molecule has 2 amide bonds. The fourth-order valence-corrected chi connectivity index (χ4v) is 2.80. The van der Waals surface area contributed by atoms with Gasteiger partial charge in [0.05, 0.1) is 0 Å². The molecule has 0 unspecified atom stereocenters. The van der Waals surface area contributed by atoms with E-state index in [0.717, 1.165) is 19.3 Å². The summed E-state index contributed by atoms with van der Waals surface area (Å²) >= 11 is 0. The molecule has 0 aliphatic heterocycles. The average Bonchev–Trinajstić information content (AvgIpc) is 3.10. The molecule has 0 spiro atoms. The average molecular weight is 353 g/mol. The van der Waals surface area contributed by atoms with Gasteiger partial charge in [-0.25, -0.2) is 4.79 Å². The normalized spacial score (nSPS) is 20.2. The minimum Gasteiger partial charge on any atom is -0.465 e. The van der Waals surface area contributed by atoms with Crippen molar-refractivity contribution in [3.63, 3.8) is 0 Å². The van der Waals surface area contributed by atoms with Crippen LogP contribution in [-0.4, -0.2) is 42.0 Å². The number of carbonyl (C=O) groups is 2. The number of nitrogens with one attached hydrogen (secondary N) is 2. The summed E-state index contributed by atoms with van der Waals surface area (Å²) in [6, 6.07) is 1.64. The molecule has 1 aliphatic carbocycles.